The molecule has 1 saturated heterocycles. The minimum absolute atomic E-state index is 0.201. The van der Waals surface area contributed by atoms with E-state index in [4.69, 9.17) is 22.1 Å². The van der Waals surface area contributed by atoms with Crippen molar-refractivity contribution < 1.29 is 9.84 Å². The number of hydrogen-bond donors (Lipinski definition) is 2. The summed E-state index contributed by atoms with van der Waals surface area (Å²) in [6, 6.07) is 7.19. The van der Waals surface area contributed by atoms with E-state index in [0.717, 1.165) is 13.1 Å². The van der Waals surface area contributed by atoms with E-state index in [0.29, 0.717) is 29.8 Å². The minimum Gasteiger partial charge on any atom is -0.386 e. The van der Waals surface area contributed by atoms with Crippen LogP contribution in [0.25, 0.3) is 0 Å². The van der Waals surface area contributed by atoms with Crippen LogP contribution in [0.15, 0.2) is 29.3 Å². The number of hydrogen-bond acceptors (Lipinski definition) is 3. The molecule has 0 radical (unpaired) electrons. The number of guanidine groups is 1. The predicted octanol–water partition coefficient (Wildman–Crippen LogP) is 1.02. The lowest BCUT2D eigenvalue weighted by atomic mass is 10.1. The second-order valence-electron chi connectivity index (χ2n) is 4.34. The molecule has 6 heteroatoms. The Morgan fingerprint density at radius 3 is 2.79 bits per heavy atom. The van der Waals surface area contributed by atoms with Crippen molar-refractivity contribution in [2.75, 3.05) is 32.8 Å². The van der Waals surface area contributed by atoms with Crippen molar-refractivity contribution >= 4 is 17.6 Å². The zero-order valence-electron chi connectivity index (χ0n) is 10.6. The Bertz CT molecular complexity index is 447. The summed E-state index contributed by atoms with van der Waals surface area (Å²) < 4.78 is 5.24. The van der Waals surface area contributed by atoms with Crippen LogP contribution in [-0.4, -0.2) is 48.8 Å². The molecule has 0 aromatic heterocycles. The Hall–Kier alpha value is -1.30. The summed E-state index contributed by atoms with van der Waals surface area (Å²) in [6.45, 7) is 2.98. The van der Waals surface area contributed by atoms with Crippen molar-refractivity contribution in [1.29, 1.82) is 0 Å². The Balaban J connectivity index is 1.95. The van der Waals surface area contributed by atoms with Gasteiger partial charge >= 0.3 is 0 Å². The number of aliphatic imine (C=N–C) groups is 1. The molecule has 5 nitrogen and oxygen atoms in total. The molecule has 0 saturated carbocycles. The first-order chi connectivity index (χ1) is 9.18. The van der Waals surface area contributed by atoms with Crippen LogP contribution in [0.2, 0.25) is 5.02 Å². The fourth-order valence-corrected chi connectivity index (χ4v) is 2.18. The highest BCUT2D eigenvalue weighted by Gasteiger charge is 2.14. The van der Waals surface area contributed by atoms with Crippen molar-refractivity contribution in [3.05, 3.63) is 34.9 Å². The van der Waals surface area contributed by atoms with Crippen LogP contribution in [0.3, 0.4) is 0 Å². The van der Waals surface area contributed by atoms with Gasteiger partial charge in [0.2, 0.25) is 0 Å². The van der Waals surface area contributed by atoms with E-state index in [9.17, 15) is 5.11 Å². The van der Waals surface area contributed by atoms with E-state index in [-0.39, 0.29) is 6.54 Å². The van der Waals surface area contributed by atoms with E-state index >= 15 is 0 Å². The molecule has 1 heterocycles. The van der Waals surface area contributed by atoms with E-state index in [1.54, 1.807) is 12.1 Å². The van der Waals surface area contributed by atoms with Gasteiger partial charge in [-0.2, -0.15) is 0 Å². The fraction of sp³-hybridized carbons (Fsp3) is 0.462. The van der Waals surface area contributed by atoms with Gasteiger partial charge in [-0.25, -0.2) is 0 Å². The summed E-state index contributed by atoms with van der Waals surface area (Å²) in [5.74, 6) is 0.439. The zero-order chi connectivity index (χ0) is 13.7. The maximum Gasteiger partial charge on any atom is 0.191 e. The monoisotopic (exact) mass is 283 g/mol. The van der Waals surface area contributed by atoms with Crippen LogP contribution < -0.4 is 5.73 Å². The van der Waals surface area contributed by atoms with Gasteiger partial charge < -0.3 is 20.5 Å². The van der Waals surface area contributed by atoms with Gasteiger partial charge in [0.25, 0.3) is 0 Å². The Kier molecular flexibility index (Phi) is 5.01. The molecule has 104 valence electrons. The molecule has 3 N–H and O–H groups in total. The Morgan fingerprint density at radius 1 is 1.42 bits per heavy atom. The molecule has 1 atom stereocenters. The normalized spacial score (nSPS) is 18.4. The maximum absolute atomic E-state index is 10.1. The lowest BCUT2D eigenvalue weighted by Gasteiger charge is -2.27. The molecule has 1 aromatic carbocycles. The summed E-state index contributed by atoms with van der Waals surface area (Å²) in [6.07, 6.45) is -0.742. The molecule has 0 aliphatic carbocycles. The second-order valence-corrected chi connectivity index (χ2v) is 4.74. The molecule has 1 aromatic rings. The Labute approximate surface area is 117 Å². The topological polar surface area (TPSA) is 71.1 Å². The predicted molar refractivity (Wildman–Crippen MR) is 75.3 cm³/mol. The van der Waals surface area contributed by atoms with E-state index in [2.05, 4.69) is 4.99 Å². The first-order valence-electron chi connectivity index (χ1n) is 6.23. The number of morpholine rings is 1. The molecular formula is C13H18ClN3O2. The highest BCUT2D eigenvalue weighted by Crippen LogP contribution is 2.22. The standard InChI is InChI=1S/C13H18ClN3O2/c14-11-4-2-1-3-10(11)12(18)9-16-13(15)17-5-7-19-8-6-17/h1-4,12,18H,5-9H2,(H2,15,16). The van der Waals surface area contributed by atoms with Crippen molar-refractivity contribution in [3.8, 4) is 0 Å². The number of nitrogens with zero attached hydrogens (tertiary/aromatic N) is 2. The molecule has 19 heavy (non-hydrogen) atoms. The van der Waals surface area contributed by atoms with E-state index in [1.165, 1.54) is 0 Å². The summed E-state index contributed by atoms with van der Waals surface area (Å²) in [7, 11) is 0. The van der Waals surface area contributed by atoms with Gasteiger partial charge in [0, 0.05) is 23.7 Å². The van der Waals surface area contributed by atoms with Gasteiger partial charge in [-0.05, 0) is 6.07 Å². The summed E-state index contributed by atoms with van der Waals surface area (Å²) in [4.78, 5) is 6.17. The molecule has 1 aliphatic heterocycles. The van der Waals surface area contributed by atoms with Gasteiger partial charge in [-0.1, -0.05) is 29.8 Å². The Morgan fingerprint density at radius 2 is 2.11 bits per heavy atom. The lowest BCUT2D eigenvalue weighted by Crippen LogP contribution is -2.45. The van der Waals surface area contributed by atoms with Crippen LogP contribution in [0, 0.1) is 0 Å². The largest absolute Gasteiger partial charge is 0.386 e. The molecule has 1 unspecified atom stereocenters. The van der Waals surface area contributed by atoms with Crippen molar-refractivity contribution in [2.45, 2.75) is 6.10 Å². The maximum atomic E-state index is 10.1. The summed E-state index contributed by atoms with van der Waals surface area (Å²) in [5.41, 5.74) is 6.56. The fourth-order valence-electron chi connectivity index (χ4n) is 1.92. The molecular weight excluding hydrogens is 266 g/mol. The van der Waals surface area contributed by atoms with Crippen LogP contribution >= 0.6 is 11.6 Å². The highest BCUT2D eigenvalue weighted by atomic mass is 35.5. The van der Waals surface area contributed by atoms with Gasteiger partial charge in [0.15, 0.2) is 5.96 Å². The molecule has 0 bridgehead atoms. The molecule has 2 rings (SSSR count). The van der Waals surface area contributed by atoms with Gasteiger partial charge in [0.05, 0.1) is 19.8 Å². The van der Waals surface area contributed by atoms with Gasteiger partial charge in [-0.3, -0.25) is 4.99 Å². The second kappa shape index (κ2) is 6.75. The number of halogens is 1. The molecule has 0 amide bonds. The number of rotatable bonds is 3. The average molecular weight is 284 g/mol. The summed E-state index contributed by atoms with van der Waals surface area (Å²) >= 11 is 6.02. The number of benzene rings is 1. The molecule has 0 spiro atoms. The first-order valence-corrected chi connectivity index (χ1v) is 6.61. The molecule has 1 aliphatic rings. The smallest absolute Gasteiger partial charge is 0.191 e. The SMILES string of the molecule is NC(=NCC(O)c1ccccc1Cl)N1CCOCC1. The van der Waals surface area contributed by atoms with Crippen molar-refractivity contribution in [1.82, 2.24) is 4.90 Å². The third-order valence-corrected chi connectivity index (χ3v) is 3.37. The summed E-state index contributed by atoms with van der Waals surface area (Å²) in [5, 5.41) is 10.6. The van der Waals surface area contributed by atoms with E-state index < -0.39 is 6.10 Å². The van der Waals surface area contributed by atoms with Gasteiger partial charge in [-0.15, -0.1) is 0 Å². The van der Waals surface area contributed by atoms with Crippen molar-refractivity contribution in [3.63, 3.8) is 0 Å². The lowest BCUT2D eigenvalue weighted by molar-refractivity contribution is 0.0672. The van der Waals surface area contributed by atoms with Gasteiger partial charge in [0.1, 0.15) is 6.10 Å². The third-order valence-electron chi connectivity index (χ3n) is 3.03. The number of aliphatic hydroxyl groups is 1. The first kappa shape index (κ1) is 14.1. The third kappa shape index (κ3) is 3.83. The number of ether oxygens (including phenoxy) is 1. The minimum atomic E-state index is -0.742. The van der Waals surface area contributed by atoms with E-state index in [1.807, 2.05) is 17.0 Å². The van der Waals surface area contributed by atoms with Crippen LogP contribution in [0.1, 0.15) is 11.7 Å². The van der Waals surface area contributed by atoms with Crippen molar-refractivity contribution in [2.24, 2.45) is 10.7 Å². The van der Waals surface area contributed by atoms with Crippen LogP contribution in [-0.2, 0) is 4.74 Å². The average Bonchev–Trinajstić information content (AvgIpc) is 2.46. The quantitative estimate of drug-likeness (QED) is 0.642. The molecule has 1 fully saturated rings. The number of aliphatic hydroxyl groups excluding tert-OH is 1. The highest BCUT2D eigenvalue weighted by molar-refractivity contribution is 6.31. The zero-order valence-corrected chi connectivity index (χ0v) is 11.4. The number of nitrogens with two attached hydrogens (primary N) is 1. The van der Waals surface area contributed by atoms with Crippen LogP contribution in [0.4, 0.5) is 0 Å². The van der Waals surface area contributed by atoms with Crippen LogP contribution in [0.5, 0.6) is 0 Å².